The van der Waals surface area contributed by atoms with Gasteiger partial charge in [-0.2, -0.15) is 0 Å². The Hall–Kier alpha value is -4.20. The van der Waals surface area contributed by atoms with Crippen LogP contribution in [-0.4, -0.2) is 81.6 Å². The van der Waals surface area contributed by atoms with Crippen molar-refractivity contribution in [2.24, 2.45) is 5.73 Å². The molecule has 4 amide bonds. The molecule has 1 aliphatic rings. The maximum absolute atomic E-state index is 12.8. The molecule has 0 aromatic heterocycles. The average molecular weight is 508 g/mol. The molecule has 0 spiro atoms. The molecule has 1 fully saturated rings. The lowest BCUT2D eigenvalue weighted by Crippen LogP contribution is -2.58. The van der Waals surface area contributed by atoms with E-state index < -0.39 is 72.6 Å². The fraction of sp³-hybridized carbons (Fsp3) is 0.455. The van der Waals surface area contributed by atoms with E-state index in [9.17, 15) is 39.0 Å². The molecule has 14 heteroatoms. The second-order valence-electron chi connectivity index (χ2n) is 8.31. The van der Waals surface area contributed by atoms with Crippen LogP contribution in [0.25, 0.3) is 0 Å². The molecule has 1 heterocycles. The lowest BCUT2D eigenvalue weighted by molar-refractivity contribution is -0.143. The van der Waals surface area contributed by atoms with Crippen molar-refractivity contribution in [1.82, 2.24) is 21.3 Å². The third kappa shape index (κ3) is 8.87. The first-order chi connectivity index (χ1) is 17.0. The first-order valence-corrected chi connectivity index (χ1v) is 11.1. The van der Waals surface area contributed by atoms with E-state index in [0.29, 0.717) is 18.5 Å². The second kappa shape index (κ2) is 13.0. The SMILES string of the molecule is NC(=O)CC(NC(=O)C(CC(=O)O)NC(=O)C1CCCN1)C(=O)NC(Cc1ccc(O)cc1)C(=O)O. The molecule has 1 aliphatic heterocycles. The molecular formula is C22H29N5O9. The molecular weight excluding hydrogens is 478 g/mol. The van der Waals surface area contributed by atoms with E-state index in [1.54, 1.807) is 0 Å². The molecule has 1 saturated heterocycles. The zero-order valence-corrected chi connectivity index (χ0v) is 19.2. The lowest BCUT2D eigenvalue weighted by atomic mass is 10.0. The van der Waals surface area contributed by atoms with Gasteiger partial charge in [0.25, 0.3) is 0 Å². The van der Waals surface area contributed by atoms with Crippen molar-refractivity contribution in [1.29, 1.82) is 0 Å². The first-order valence-electron chi connectivity index (χ1n) is 11.1. The molecule has 0 bridgehead atoms. The second-order valence-corrected chi connectivity index (χ2v) is 8.31. The maximum Gasteiger partial charge on any atom is 0.326 e. The number of rotatable bonds is 13. The van der Waals surface area contributed by atoms with Gasteiger partial charge in [0.2, 0.25) is 23.6 Å². The van der Waals surface area contributed by atoms with Gasteiger partial charge in [-0.05, 0) is 37.1 Å². The summed E-state index contributed by atoms with van der Waals surface area (Å²) >= 11 is 0. The Balaban J connectivity index is 2.13. The summed E-state index contributed by atoms with van der Waals surface area (Å²) < 4.78 is 0. The van der Waals surface area contributed by atoms with Crippen molar-refractivity contribution < 1.29 is 44.1 Å². The number of benzene rings is 1. The van der Waals surface area contributed by atoms with E-state index >= 15 is 0 Å². The number of nitrogens with two attached hydrogens (primary N) is 1. The van der Waals surface area contributed by atoms with E-state index in [4.69, 9.17) is 10.8 Å². The number of hydrogen-bond donors (Lipinski definition) is 8. The quantitative estimate of drug-likeness (QED) is 0.140. The van der Waals surface area contributed by atoms with E-state index in [0.717, 1.165) is 6.42 Å². The van der Waals surface area contributed by atoms with Gasteiger partial charge in [-0.1, -0.05) is 12.1 Å². The predicted octanol–water partition coefficient (Wildman–Crippen LogP) is -2.42. The fourth-order valence-corrected chi connectivity index (χ4v) is 3.59. The lowest BCUT2D eigenvalue weighted by Gasteiger charge is -2.24. The molecule has 9 N–H and O–H groups in total. The number of primary amides is 1. The zero-order chi connectivity index (χ0) is 26.8. The number of carboxylic acids is 2. The zero-order valence-electron chi connectivity index (χ0n) is 19.2. The topological polar surface area (TPSA) is 237 Å². The van der Waals surface area contributed by atoms with E-state index in [1.165, 1.54) is 24.3 Å². The van der Waals surface area contributed by atoms with Crippen LogP contribution in [0.3, 0.4) is 0 Å². The molecule has 4 atom stereocenters. The summed E-state index contributed by atoms with van der Waals surface area (Å²) in [7, 11) is 0. The first kappa shape index (κ1) is 28.0. The summed E-state index contributed by atoms with van der Waals surface area (Å²) in [6, 6.07) is 0.334. The molecule has 2 rings (SSSR count). The number of aromatic hydroxyl groups is 1. The Morgan fingerprint density at radius 1 is 0.917 bits per heavy atom. The van der Waals surface area contributed by atoms with Crippen molar-refractivity contribution >= 4 is 35.6 Å². The molecule has 0 radical (unpaired) electrons. The average Bonchev–Trinajstić information content (AvgIpc) is 3.33. The van der Waals surface area contributed by atoms with Gasteiger partial charge in [0, 0.05) is 6.42 Å². The highest BCUT2D eigenvalue weighted by Crippen LogP contribution is 2.12. The fourth-order valence-electron chi connectivity index (χ4n) is 3.59. The Kier molecular flexibility index (Phi) is 10.2. The molecule has 1 aromatic carbocycles. The van der Waals surface area contributed by atoms with Gasteiger partial charge in [-0.3, -0.25) is 24.0 Å². The van der Waals surface area contributed by atoms with E-state index in [-0.39, 0.29) is 12.2 Å². The number of phenols is 1. The number of hydrogen-bond acceptors (Lipinski definition) is 8. The number of carbonyl (C=O) groups is 6. The van der Waals surface area contributed by atoms with Crippen LogP contribution in [0.15, 0.2) is 24.3 Å². The predicted molar refractivity (Wildman–Crippen MR) is 122 cm³/mol. The van der Waals surface area contributed by atoms with Crippen LogP contribution >= 0.6 is 0 Å². The minimum Gasteiger partial charge on any atom is -0.508 e. The van der Waals surface area contributed by atoms with Gasteiger partial charge in [0.15, 0.2) is 0 Å². The highest BCUT2D eigenvalue weighted by molar-refractivity contribution is 5.97. The number of amides is 4. The van der Waals surface area contributed by atoms with Gasteiger partial charge in [0.1, 0.15) is 23.9 Å². The van der Waals surface area contributed by atoms with Crippen LogP contribution in [0.2, 0.25) is 0 Å². The van der Waals surface area contributed by atoms with Crippen LogP contribution in [-0.2, 0) is 35.2 Å². The van der Waals surface area contributed by atoms with E-state index in [1.807, 2.05) is 0 Å². The number of carboxylic acid groups (broad SMARTS) is 2. The Morgan fingerprint density at radius 3 is 2.00 bits per heavy atom. The van der Waals surface area contributed by atoms with E-state index in [2.05, 4.69) is 21.3 Å². The van der Waals surface area contributed by atoms with Crippen molar-refractivity contribution in [3.63, 3.8) is 0 Å². The molecule has 14 nitrogen and oxygen atoms in total. The highest BCUT2D eigenvalue weighted by atomic mass is 16.4. The van der Waals surface area contributed by atoms with Crippen molar-refractivity contribution in [2.75, 3.05) is 6.54 Å². The Morgan fingerprint density at radius 2 is 1.50 bits per heavy atom. The van der Waals surface area contributed by atoms with Crippen molar-refractivity contribution in [2.45, 2.75) is 56.3 Å². The molecule has 4 unspecified atom stereocenters. The summed E-state index contributed by atoms with van der Waals surface area (Å²) in [5.74, 6) is -6.53. The van der Waals surface area contributed by atoms with Gasteiger partial charge >= 0.3 is 11.9 Å². The largest absolute Gasteiger partial charge is 0.508 e. The molecule has 36 heavy (non-hydrogen) atoms. The normalized spacial score (nSPS) is 17.3. The van der Waals surface area contributed by atoms with Crippen LogP contribution in [0.5, 0.6) is 5.75 Å². The standard InChI is InChI=1S/C22H29N5O9/c23-17(29)9-14(20(33)27-16(22(35)36)8-11-3-5-12(28)6-4-11)25-21(34)15(10-18(30)31)26-19(32)13-2-1-7-24-13/h3-6,13-16,24,28H,1-2,7-10H2,(H2,23,29)(H,25,34)(H,26,32)(H,27,33)(H,30,31)(H,35,36). The minimum absolute atomic E-state index is 0.0365. The Labute approximate surface area is 205 Å². The number of phenolic OH excluding ortho intramolecular Hbond substituents is 1. The molecule has 0 saturated carbocycles. The third-order valence-corrected chi connectivity index (χ3v) is 5.42. The third-order valence-electron chi connectivity index (χ3n) is 5.42. The van der Waals surface area contributed by atoms with Gasteiger partial charge < -0.3 is 42.3 Å². The van der Waals surface area contributed by atoms with Gasteiger partial charge in [-0.25, -0.2) is 4.79 Å². The van der Waals surface area contributed by atoms with Crippen LogP contribution < -0.4 is 27.0 Å². The smallest absolute Gasteiger partial charge is 0.326 e. The number of nitrogens with one attached hydrogen (secondary N) is 4. The Bertz CT molecular complexity index is 992. The highest BCUT2D eigenvalue weighted by Gasteiger charge is 2.33. The van der Waals surface area contributed by atoms with Crippen LogP contribution in [0.4, 0.5) is 0 Å². The summed E-state index contributed by atoms with van der Waals surface area (Å²) in [6.45, 7) is 0.587. The summed E-state index contributed by atoms with van der Waals surface area (Å²) in [6.07, 6.45) is -0.458. The molecule has 1 aromatic rings. The van der Waals surface area contributed by atoms with Crippen molar-refractivity contribution in [3.8, 4) is 5.75 Å². The molecule has 196 valence electrons. The summed E-state index contributed by atoms with van der Waals surface area (Å²) in [5, 5.41) is 37.7. The monoisotopic (exact) mass is 507 g/mol. The summed E-state index contributed by atoms with van der Waals surface area (Å²) in [5.41, 5.74) is 5.65. The van der Waals surface area contributed by atoms with Gasteiger partial charge in [-0.15, -0.1) is 0 Å². The number of carbonyl (C=O) groups excluding carboxylic acids is 4. The van der Waals surface area contributed by atoms with Gasteiger partial charge in [0.05, 0.1) is 18.9 Å². The van der Waals surface area contributed by atoms with Crippen LogP contribution in [0, 0.1) is 0 Å². The number of aliphatic carboxylic acids is 2. The maximum atomic E-state index is 12.8. The molecule has 0 aliphatic carbocycles. The minimum atomic E-state index is -1.63. The van der Waals surface area contributed by atoms with Crippen LogP contribution in [0.1, 0.15) is 31.2 Å². The summed E-state index contributed by atoms with van der Waals surface area (Å²) in [4.78, 5) is 72.4. The van der Waals surface area contributed by atoms with Crippen molar-refractivity contribution in [3.05, 3.63) is 29.8 Å².